The number of ether oxygens (including phenoxy) is 1. The van der Waals surface area contributed by atoms with Crippen LogP contribution < -0.4 is 10.1 Å². The smallest absolute Gasteiger partial charge is 0.248 e. The number of hydrogen-bond donors (Lipinski definition) is 1. The van der Waals surface area contributed by atoms with Gasteiger partial charge in [0, 0.05) is 0 Å². The van der Waals surface area contributed by atoms with Crippen molar-refractivity contribution in [3.63, 3.8) is 0 Å². The van der Waals surface area contributed by atoms with Gasteiger partial charge in [-0.3, -0.25) is 4.79 Å². The topological polar surface area (TPSA) is 77.2 Å². The molecule has 1 aromatic heterocycles. The lowest BCUT2D eigenvalue weighted by molar-refractivity contribution is -0.122. The number of para-hydroxylation sites is 1. The predicted octanol–water partition coefficient (Wildman–Crippen LogP) is 2.02. The van der Waals surface area contributed by atoms with Crippen LogP contribution in [0, 0.1) is 6.92 Å². The molecule has 1 amide bonds. The molecule has 1 N–H and O–H groups in total. The monoisotopic (exact) mass is 275 g/mol. The lowest BCUT2D eigenvalue weighted by atomic mass is 10.3. The third-order valence-electron chi connectivity index (χ3n) is 2.63. The third kappa shape index (κ3) is 4.08. The summed E-state index contributed by atoms with van der Waals surface area (Å²) in [5.41, 5.74) is 0. The molecule has 1 aromatic carbocycles. The van der Waals surface area contributed by atoms with Gasteiger partial charge in [-0.25, -0.2) is 0 Å². The number of hydrogen-bond acceptors (Lipinski definition) is 5. The summed E-state index contributed by atoms with van der Waals surface area (Å²) in [6.45, 7) is 3.85. The number of rotatable bonds is 6. The summed E-state index contributed by atoms with van der Waals surface area (Å²) in [7, 11) is 0. The Balaban J connectivity index is 1.73. The minimum atomic E-state index is -0.305. The van der Waals surface area contributed by atoms with Crippen LogP contribution in [0.15, 0.2) is 34.9 Å². The number of aromatic nitrogens is 2. The van der Waals surface area contributed by atoms with Crippen molar-refractivity contribution in [3.8, 4) is 5.75 Å². The van der Waals surface area contributed by atoms with Crippen LogP contribution in [-0.2, 0) is 4.79 Å². The predicted molar refractivity (Wildman–Crippen MR) is 72.1 cm³/mol. The molecule has 20 heavy (non-hydrogen) atoms. The maximum atomic E-state index is 11.7. The van der Waals surface area contributed by atoms with Crippen molar-refractivity contribution in [2.45, 2.75) is 26.3 Å². The van der Waals surface area contributed by atoms with Gasteiger partial charge in [-0.05, 0) is 26.0 Å². The fourth-order valence-corrected chi connectivity index (χ4v) is 1.64. The van der Waals surface area contributed by atoms with E-state index in [1.54, 1.807) is 13.8 Å². The van der Waals surface area contributed by atoms with E-state index in [9.17, 15) is 4.79 Å². The Morgan fingerprint density at radius 3 is 2.80 bits per heavy atom. The number of amides is 1. The average Bonchev–Trinajstić information content (AvgIpc) is 2.87. The summed E-state index contributed by atoms with van der Waals surface area (Å²) in [5.74, 6) is 1.58. The molecule has 0 saturated heterocycles. The van der Waals surface area contributed by atoms with Crippen LogP contribution in [0.2, 0.25) is 0 Å². The first-order valence-electron chi connectivity index (χ1n) is 6.42. The Morgan fingerprint density at radius 2 is 2.15 bits per heavy atom. The molecule has 2 aromatic rings. The van der Waals surface area contributed by atoms with Crippen molar-refractivity contribution in [1.82, 2.24) is 15.5 Å². The molecule has 0 fully saturated rings. The summed E-state index contributed by atoms with van der Waals surface area (Å²) in [6, 6.07) is 9.07. The van der Waals surface area contributed by atoms with Crippen LogP contribution in [0.4, 0.5) is 0 Å². The molecular weight excluding hydrogens is 258 g/mol. The first-order chi connectivity index (χ1) is 9.65. The zero-order valence-electron chi connectivity index (χ0n) is 11.5. The number of carbonyl (C=O) groups excluding carboxylic acids is 1. The Hall–Kier alpha value is -2.37. The Bertz CT molecular complexity index is 554. The van der Waals surface area contributed by atoms with Gasteiger partial charge >= 0.3 is 0 Å². The number of benzene rings is 1. The summed E-state index contributed by atoms with van der Waals surface area (Å²) in [5, 5.41) is 6.47. The Labute approximate surface area is 117 Å². The van der Waals surface area contributed by atoms with E-state index in [0.29, 0.717) is 18.3 Å². The summed E-state index contributed by atoms with van der Waals surface area (Å²) in [6.07, 6.45) is 0.270. The lowest BCUT2D eigenvalue weighted by Gasteiger charge is -2.10. The number of nitrogens with zero attached hydrogens (tertiary/aromatic N) is 2. The maximum Gasteiger partial charge on any atom is 0.248 e. The highest BCUT2D eigenvalue weighted by Crippen LogP contribution is 2.10. The highest BCUT2D eigenvalue weighted by Gasteiger charge is 2.15. The van der Waals surface area contributed by atoms with Crippen molar-refractivity contribution in [2.75, 3.05) is 6.61 Å². The van der Waals surface area contributed by atoms with Gasteiger partial charge in [0.2, 0.25) is 11.8 Å². The lowest BCUT2D eigenvalue weighted by Crippen LogP contribution is -2.28. The van der Waals surface area contributed by atoms with Crippen LogP contribution in [-0.4, -0.2) is 22.7 Å². The first-order valence-corrected chi connectivity index (χ1v) is 6.42. The fraction of sp³-hybridized carbons (Fsp3) is 0.357. The normalized spacial score (nSPS) is 11.9. The molecular formula is C14H17N3O3. The van der Waals surface area contributed by atoms with E-state index < -0.39 is 0 Å². The minimum absolute atomic E-state index is 0.121. The van der Waals surface area contributed by atoms with Gasteiger partial charge in [-0.1, -0.05) is 23.4 Å². The largest absolute Gasteiger partial charge is 0.493 e. The van der Waals surface area contributed by atoms with E-state index in [1.165, 1.54) is 0 Å². The molecule has 1 atom stereocenters. The molecule has 0 aliphatic rings. The van der Waals surface area contributed by atoms with Gasteiger partial charge in [-0.2, -0.15) is 4.98 Å². The highest BCUT2D eigenvalue weighted by molar-refractivity contribution is 5.76. The molecule has 0 bridgehead atoms. The van der Waals surface area contributed by atoms with Gasteiger partial charge in [0.05, 0.1) is 13.0 Å². The summed E-state index contributed by atoms with van der Waals surface area (Å²) in [4.78, 5) is 15.8. The summed E-state index contributed by atoms with van der Waals surface area (Å²) < 4.78 is 10.4. The molecule has 6 nitrogen and oxygen atoms in total. The second kappa shape index (κ2) is 6.70. The van der Waals surface area contributed by atoms with E-state index >= 15 is 0 Å². The third-order valence-corrected chi connectivity index (χ3v) is 2.63. The van der Waals surface area contributed by atoms with Gasteiger partial charge < -0.3 is 14.6 Å². The standard InChI is InChI=1S/C14H17N3O3/c1-10(14-16-11(2)17-20-14)15-13(18)8-9-19-12-6-4-3-5-7-12/h3-7,10H,8-9H2,1-2H3,(H,15,18)/t10-/m0/s1. The van der Waals surface area contributed by atoms with Gasteiger partial charge in [0.15, 0.2) is 5.82 Å². The number of carbonyl (C=O) groups is 1. The van der Waals surface area contributed by atoms with Crippen molar-refractivity contribution in [2.24, 2.45) is 0 Å². The van der Waals surface area contributed by atoms with Crippen molar-refractivity contribution in [1.29, 1.82) is 0 Å². The van der Waals surface area contributed by atoms with Crippen molar-refractivity contribution >= 4 is 5.91 Å². The second-order valence-corrected chi connectivity index (χ2v) is 4.38. The number of aryl methyl sites for hydroxylation is 1. The molecule has 1 heterocycles. The zero-order chi connectivity index (χ0) is 14.4. The fourth-order valence-electron chi connectivity index (χ4n) is 1.64. The van der Waals surface area contributed by atoms with Crippen LogP contribution in [0.5, 0.6) is 5.75 Å². The van der Waals surface area contributed by atoms with E-state index in [1.807, 2.05) is 30.3 Å². The summed E-state index contributed by atoms with van der Waals surface area (Å²) >= 11 is 0. The second-order valence-electron chi connectivity index (χ2n) is 4.38. The molecule has 0 radical (unpaired) electrons. The van der Waals surface area contributed by atoms with Gasteiger partial charge in [0.1, 0.15) is 11.8 Å². The van der Waals surface area contributed by atoms with Crippen LogP contribution >= 0.6 is 0 Å². The van der Waals surface area contributed by atoms with E-state index in [0.717, 1.165) is 5.75 Å². The molecule has 2 rings (SSSR count). The number of nitrogens with one attached hydrogen (secondary N) is 1. The zero-order valence-corrected chi connectivity index (χ0v) is 11.5. The van der Waals surface area contributed by atoms with E-state index in [-0.39, 0.29) is 18.4 Å². The highest BCUT2D eigenvalue weighted by atomic mass is 16.5. The molecule has 0 aliphatic heterocycles. The van der Waals surface area contributed by atoms with E-state index in [2.05, 4.69) is 15.5 Å². The molecule has 0 unspecified atom stereocenters. The minimum Gasteiger partial charge on any atom is -0.493 e. The van der Waals surface area contributed by atoms with Crippen LogP contribution in [0.25, 0.3) is 0 Å². The molecule has 0 spiro atoms. The van der Waals surface area contributed by atoms with Crippen molar-refractivity contribution in [3.05, 3.63) is 42.0 Å². The molecule has 0 aliphatic carbocycles. The molecule has 0 saturated carbocycles. The van der Waals surface area contributed by atoms with Gasteiger partial charge in [-0.15, -0.1) is 0 Å². The van der Waals surface area contributed by atoms with Crippen LogP contribution in [0.1, 0.15) is 31.1 Å². The molecule has 106 valence electrons. The SMILES string of the molecule is Cc1noc([C@H](C)NC(=O)CCOc2ccccc2)n1. The van der Waals surface area contributed by atoms with Crippen LogP contribution in [0.3, 0.4) is 0 Å². The average molecular weight is 275 g/mol. The quantitative estimate of drug-likeness (QED) is 0.872. The molecule has 6 heteroatoms. The Morgan fingerprint density at radius 1 is 1.40 bits per heavy atom. The maximum absolute atomic E-state index is 11.7. The van der Waals surface area contributed by atoms with E-state index in [4.69, 9.17) is 9.26 Å². The van der Waals surface area contributed by atoms with Gasteiger partial charge in [0.25, 0.3) is 0 Å². The first kappa shape index (κ1) is 14.0. The Kier molecular flexibility index (Phi) is 4.70. The van der Waals surface area contributed by atoms with Crippen molar-refractivity contribution < 1.29 is 14.1 Å².